The van der Waals surface area contributed by atoms with E-state index >= 15 is 0 Å². The van der Waals surface area contributed by atoms with E-state index in [9.17, 15) is 9.59 Å². The van der Waals surface area contributed by atoms with Crippen LogP contribution in [0.25, 0.3) is 0 Å². The summed E-state index contributed by atoms with van der Waals surface area (Å²) in [4.78, 5) is 20.6. The largest absolute Gasteiger partial charge is 0.562 e. The van der Waals surface area contributed by atoms with Gasteiger partial charge in [-0.25, -0.2) is 4.79 Å². The Labute approximate surface area is 69.0 Å². The Morgan fingerprint density at radius 1 is 1.33 bits per heavy atom. The van der Waals surface area contributed by atoms with Crippen molar-refractivity contribution in [3.8, 4) is 0 Å². The lowest BCUT2D eigenvalue weighted by atomic mass is 10.7. The lowest BCUT2D eigenvalue weighted by molar-refractivity contribution is -0.161. The van der Waals surface area contributed by atoms with Crippen LogP contribution in [0.5, 0.6) is 0 Å². The molecule has 0 fully saturated rings. The van der Waals surface area contributed by atoms with Crippen molar-refractivity contribution >= 4 is 11.9 Å². The second kappa shape index (κ2) is 6.56. The predicted molar refractivity (Wildman–Crippen MR) is 37.4 cm³/mol. The minimum atomic E-state index is -0.949. The van der Waals surface area contributed by atoms with Crippen LogP contribution in [-0.2, 0) is 23.8 Å². The molecular formula is C6H11O6+. The van der Waals surface area contributed by atoms with Gasteiger partial charge in [0.25, 0.3) is 0 Å². The molecule has 0 rings (SSSR count). The summed E-state index contributed by atoms with van der Waals surface area (Å²) in [6, 6.07) is 0. The van der Waals surface area contributed by atoms with E-state index in [1.165, 1.54) is 7.11 Å². The van der Waals surface area contributed by atoms with E-state index in [0.717, 1.165) is 0 Å². The van der Waals surface area contributed by atoms with Gasteiger partial charge in [-0.1, -0.05) is 0 Å². The Kier molecular flexibility index (Phi) is 5.94. The maximum Gasteiger partial charge on any atom is 0.554 e. The minimum absolute atomic E-state index is 0.01000. The highest BCUT2D eigenvalue weighted by molar-refractivity contribution is 5.75. The van der Waals surface area contributed by atoms with E-state index in [-0.39, 0.29) is 13.4 Å². The quantitative estimate of drug-likeness (QED) is 0.212. The molecule has 0 aromatic heterocycles. The summed E-state index contributed by atoms with van der Waals surface area (Å²) in [7, 11) is 1.42. The van der Waals surface area contributed by atoms with Crippen LogP contribution in [-0.4, -0.2) is 44.2 Å². The maximum absolute atomic E-state index is 10.6. The third-order valence-corrected chi connectivity index (χ3v) is 0.785. The molecule has 0 bridgehead atoms. The number of ether oxygens (including phenoxy) is 3. The van der Waals surface area contributed by atoms with Gasteiger partial charge in [0.15, 0.2) is 0 Å². The minimum Gasteiger partial charge on any atom is -0.562 e. The van der Waals surface area contributed by atoms with Crippen molar-refractivity contribution in [3.05, 3.63) is 0 Å². The molecule has 6 heteroatoms. The van der Waals surface area contributed by atoms with Crippen LogP contribution in [0.2, 0.25) is 0 Å². The zero-order valence-corrected chi connectivity index (χ0v) is 6.66. The fraction of sp³-hybridized carbons (Fsp3) is 0.667. The van der Waals surface area contributed by atoms with E-state index in [4.69, 9.17) is 5.11 Å². The van der Waals surface area contributed by atoms with Crippen molar-refractivity contribution in [2.24, 2.45) is 0 Å². The highest BCUT2D eigenvalue weighted by Gasteiger charge is 2.10. The standard InChI is InChI=1S/C6H10O6/c1-10-4-11-3-6(9)12-2-5(7)8/h2-4H2,1H3,(H,7,8)/p+1. The molecule has 0 heterocycles. The molecule has 70 valence electrons. The monoisotopic (exact) mass is 179 g/mol. The first-order valence-electron chi connectivity index (χ1n) is 3.13. The van der Waals surface area contributed by atoms with Gasteiger partial charge in [0.05, 0.1) is 0 Å². The van der Waals surface area contributed by atoms with E-state index in [0.29, 0.717) is 0 Å². The molecule has 0 aliphatic heterocycles. The summed E-state index contributed by atoms with van der Waals surface area (Å²) in [5.41, 5.74) is 0. The number of carbonyl (C=O) groups is 2. The molecule has 12 heavy (non-hydrogen) atoms. The van der Waals surface area contributed by atoms with Gasteiger partial charge in [0, 0.05) is 11.9 Å². The second-order valence-electron chi connectivity index (χ2n) is 1.84. The number of methoxy groups -OCH3 is 1. The molecular weight excluding hydrogens is 168 g/mol. The van der Waals surface area contributed by atoms with Gasteiger partial charge in [-0.05, 0) is 0 Å². The number of carbonyl (C=O) groups excluding carboxylic acids is 2. The lowest BCUT2D eigenvalue weighted by Gasteiger charge is -2.00. The summed E-state index contributed by atoms with van der Waals surface area (Å²) >= 11 is 0. The molecule has 0 spiro atoms. The van der Waals surface area contributed by atoms with Crippen LogP contribution in [0.4, 0.5) is 0 Å². The highest BCUT2D eigenvalue weighted by Crippen LogP contribution is 1.81. The third kappa shape index (κ3) is 6.97. The second-order valence-corrected chi connectivity index (χ2v) is 1.84. The highest BCUT2D eigenvalue weighted by atomic mass is 16.7. The van der Waals surface area contributed by atoms with E-state index in [2.05, 4.69) is 14.2 Å². The Morgan fingerprint density at radius 3 is 2.50 bits per heavy atom. The third-order valence-electron chi connectivity index (χ3n) is 0.785. The molecule has 0 aromatic rings. The van der Waals surface area contributed by atoms with Gasteiger partial charge in [0.1, 0.15) is 13.4 Å². The SMILES string of the molecule is COCOCC(=O)OCC(=O)[OH2+]. The van der Waals surface area contributed by atoms with E-state index in [1.54, 1.807) is 0 Å². The molecule has 6 nitrogen and oxygen atoms in total. The van der Waals surface area contributed by atoms with E-state index < -0.39 is 18.5 Å². The van der Waals surface area contributed by atoms with Gasteiger partial charge < -0.3 is 19.3 Å². The van der Waals surface area contributed by atoms with Gasteiger partial charge in [-0.15, -0.1) is 0 Å². The Morgan fingerprint density at radius 2 is 2.00 bits per heavy atom. The molecule has 0 aliphatic carbocycles. The van der Waals surface area contributed by atoms with Crippen LogP contribution in [0, 0.1) is 0 Å². The lowest BCUT2D eigenvalue weighted by Crippen LogP contribution is -2.18. The number of rotatable bonds is 6. The molecule has 2 N–H and O–H groups in total. The first-order chi connectivity index (χ1) is 5.66. The van der Waals surface area contributed by atoms with Gasteiger partial charge in [-0.3, -0.25) is 0 Å². The average molecular weight is 179 g/mol. The Balaban J connectivity index is 3.28. The van der Waals surface area contributed by atoms with Crippen molar-refractivity contribution in [3.63, 3.8) is 0 Å². The first-order valence-corrected chi connectivity index (χ1v) is 3.13. The summed E-state index contributed by atoms with van der Waals surface area (Å²) in [5.74, 6) is -1.64. The van der Waals surface area contributed by atoms with Crippen LogP contribution >= 0.6 is 0 Å². The van der Waals surface area contributed by atoms with Gasteiger partial charge in [-0.2, -0.15) is 0 Å². The van der Waals surface area contributed by atoms with Crippen molar-refractivity contribution < 1.29 is 28.9 Å². The van der Waals surface area contributed by atoms with Crippen molar-refractivity contribution in [2.75, 3.05) is 27.1 Å². The molecule has 0 saturated carbocycles. The summed E-state index contributed by atoms with van der Waals surface area (Å²) in [6.45, 7) is -0.819. The van der Waals surface area contributed by atoms with E-state index in [1.807, 2.05) is 0 Å². The molecule has 0 atom stereocenters. The fourth-order valence-electron chi connectivity index (χ4n) is 0.396. The van der Waals surface area contributed by atoms with Crippen molar-refractivity contribution in [1.82, 2.24) is 0 Å². The summed E-state index contributed by atoms with van der Waals surface area (Å²) in [5, 5.41) is 6.40. The van der Waals surface area contributed by atoms with Crippen LogP contribution in [0.1, 0.15) is 0 Å². The van der Waals surface area contributed by atoms with Crippen molar-refractivity contribution in [1.29, 1.82) is 0 Å². The fourth-order valence-corrected chi connectivity index (χ4v) is 0.396. The zero-order chi connectivity index (χ0) is 9.40. The topological polar surface area (TPSA) is 84.7 Å². The molecule has 0 aromatic carbocycles. The molecule has 0 unspecified atom stereocenters. The summed E-state index contributed by atoms with van der Waals surface area (Å²) in [6.07, 6.45) is 0. The number of esters is 1. The average Bonchev–Trinajstić information content (AvgIpc) is 2.01. The number of hydrogen-bond acceptors (Lipinski definition) is 5. The predicted octanol–water partition coefficient (Wildman–Crippen LogP) is -1.60. The van der Waals surface area contributed by atoms with Crippen LogP contribution in [0.3, 0.4) is 0 Å². The smallest absolute Gasteiger partial charge is 0.554 e. The first kappa shape index (κ1) is 10.9. The molecule has 0 saturated heterocycles. The van der Waals surface area contributed by atoms with Crippen LogP contribution < -0.4 is 0 Å². The Bertz CT molecular complexity index is 154. The maximum atomic E-state index is 10.6. The van der Waals surface area contributed by atoms with Gasteiger partial charge >= 0.3 is 11.9 Å². The molecule has 0 amide bonds. The van der Waals surface area contributed by atoms with Crippen molar-refractivity contribution in [2.45, 2.75) is 0 Å². The molecule has 0 radical (unpaired) electrons. The number of hydrogen-bond donors (Lipinski definition) is 0. The van der Waals surface area contributed by atoms with Gasteiger partial charge in [0.2, 0.25) is 6.61 Å². The summed E-state index contributed by atoms with van der Waals surface area (Å²) < 4.78 is 13.4. The van der Waals surface area contributed by atoms with Crippen LogP contribution in [0.15, 0.2) is 0 Å². The normalized spacial score (nSPS) is 9.42. The Hall–Kier alpha value is -1.14. The molecule has 0 aliphatic rings. The zero-order valence-electron chi connectivity index (χ0n) is 6.66.